The van der Waals surface area contributed by atoms with Crippen LogP contribution < -0.4 is 9.46 Å². The van der Waals surface area contributed by atoms with E-state index in [0.717, 1.165) is 5.56 Å². The third-order valence-electron chi connectivity index (χ3n) is 4.30. The van der Waals surface area contributed by atoms with E-state index in [1.807, 2.05) is 48.5 Å². The summed E-state index contributed by atoms with van der Waals surface area (Å²) in [5, 5.41) is -0.616. The summed E-state index contributed by atoms with van der Waals surface area (Å²) in [6.45, 7) is 0.597. The molecule has 1 aliphatic rings. The van der Waals surface area contributed by atoms with E-state index in [1.54, 1.807) is 18.2 Å². The number of anilines is 1. The maximum atomic E-state index is 12.6. The molecule has 1 atom stereocenters. The van der Waals surface area contributed by atoms with Crippen molar-refractivity contribution in [1.29, 1.82) is 0 Å². The minimum atomic E-state index is -3.66. The van der Waals surface area contributed by atoms with Crippen molar-refractivity contribution >= 4 is 16.0 Å². The maximum Gasteiger partial charge on any atom is 0.240 e. The fraction of sp³-hybridized carbons (Fsp3) is 0.200. The van der Waals surface area contributed by atoms with Gasteiger partial charge in [-0.3, -0.25) is 4.72 Å². The van der Waals surface area contributed by atoms with E-state index < -0.39 is 15.3 Å². The number of sulfonamides is 1. The molecule has 1 unspecified atom stereocenters. The van der Waals surface area contributed by atoms with Crippen LogP contribution in [0.4, 0.5) is 5.95 Å². The van der Waals surface area contributed by atoms with Gasteiger partial charge >= 0.3 is 0 Å². The molecule has 8 heteroatoms. The molecule has 0 radical (unpaired) electrons. The van der Waals surface area contributed by atoms with Gasteiger partial charge in [-0.1, -0.05) is 48.5 Å². The Morgan fingerprint density at radius 3 is 2.39 bits per heavy atom. The smallest absolute Gasteiger partial charge is 0.240 e. The molecule has 1 saturated heterocycles. The molecule has 7 nitrogen and oxygen atoms in total. The number of hydrogen-bond donors (Lipinski definition) is 1. The highest BCUT2D eigenvalue weighted by Crippen LogP contribution is 2.27. The van der Waals surface area contributed by atoms with Gasteiger partial charge in [0.25, 0.3) is 0 Å². The van der Waals surface area contributed by atoms with E-state index in [2.05, 4.69) is 14.7 Å². The molecule has 1 fully saturated rings. The lowest BCUT2D eigenvalue weighted by atomic mass is 10.1. The molecule has 0 bridgehead atoms. The molecule has 4 rings (SSSR count). The Balaban J connectivity index is 1.69. The molecule has 0 spiro atoms. The molecule has 0 amide bonds. The van der Waals surface area contributed by atoms with E-state index in [1.165, 1.54) is 0 Å². The first-order chi connectivity index (χ1) is 13.6. The third kappa shape index (κ3) is 4.29. The van der Waals surface area contributed by atoms with Crippen LogP contribution in [0.2, 0.25) is 0 Å². The average molecular weight is 397 g/mol. The molecule has 1 N–H and O–H groups in total. The molecule has 1 aromatic heterocycles. The van der Waals surface area contributed by atoms with Crippen molar-refractivity contribution < 1.29 is 17.9 Å². The first kappa shape index (κ1) is 18.4. The van der Waals surface area contributed by atoms with Gasteiger partial charge in [0, 0.05) is 18.2 Å². The summed E-state index contributed by atoms with van der Waals surface area (Å²) in [6, 6.07) is 20.3. The zero-order valence-electron chi connectivity index (χ0n) is 15.0. The minimum Gasteiger partial charge on any atom is -0.439 e. The van der Waals surface area contributed by atoms with E-state index in [9.17, 15) is 8.42 Å². The topological polar surface area (TPSA) is 90.4 Å². The number of para-hydroxylation sites is 1. The lowest BCUT2D eigenvalue weighted by Gasteiger charge is -2.13. The van der Waals surface area contributed by atoms with Gasteiger partial charge in [0.15, 0.2) is 0 Å². The van der Waals surface area contributed by atoms with Gasteiger partial charge in [0.1, 0.15) is 11.0 Å². The van der Waals surface area contributed by atoms with Gasteiger partial charge in [0.05, 0.1) is 12.3 Å². The Hall–Kier alpha value is -2.97. The number of benzene rings is 2. The van der Waals surface area contributed by atoms with Crippen LogP contribution >= 0.6 is 0 Å². The van der Waals surface area contributed by atoms with Crippen LogP contribution in [0.3, 0.4) is 0 Å². The van der Waals surface area contributed by atoms with E-state index in [4.69, 9.17) is 9.47 Å². The summed E-state index contributed by atoms with van der Waals surface area (Å²) < 4.78 is 38.7. The number of rotatable bonds is 6. The minimum absolute atomic E-state index is 0.0285. The largest absolute Gasteiger partial charge is 0.439 e. The lowest BCUT2D eigenvalue weighted by molar-refractivity contribution is 0.198. The van der Waals surface area contributed by atoms with Crippen LogP contribution in [0.15, 0.2) is 66.7 Å². The Morgan fingerprint density at radius 2 is 1.71 bits per heavy atom. The standard InChI is InChI=1S/C20H19N3O4S/c24-28(25,17-11-12-26-14-17)23-20-21-18(15-7-3-1-4-8-15)13-19(22-20)27-16-9-5-2-6-10-16/h1-10,13,17H,11-12,14H2,(H,21,22,23). The Morgan fingerprint density at radius 1 is 1.00 bits per heavy atom. The van der Waals surface area contributed by atoms with E-state index in [0.29, 0.717) is 24.5 Å². The summed E-state index contributed by atoms with van der Waals surface area (Å²) in [7, 11) is -3.66. The van der Waals surface area contributed by atoms with Gasteiger partial charge in [-0.2, -0.15) is 4.98 Å². The van der Waals surface area contributed by atoms with Crippen molar-refractivity contribution in [3.63, 3.8) is 0 Å². The second-order valence-electron chi connectivity index (χ2n) is 6.33. The Bertz CT molecular complexity index is 1040. The fourth-order valence-electron chi connectivity index (χ4n) is 2.86. The molecule has 0 aliphatic carbocycles. The summed E-state index contributed by atoms with van der Waals surface area (Å²) in [5.74, 6) is 0.817. The van der Waals surface area contributed by atoms with Crippen molar-refractivity contribution in [3.05, 3.63) is 66.7 Å². The lowest BCUT2D eigenvalue weighted by Crippen LogP contribution is -2.28. The zero-order chi connectivity index (χ0) is 19.4. The highest BCUT2D eigenvalue weighted by molar-refractivity contribution is 7.93. The van der Waals surface area contributed by atoms with Crippen LogP contribution in [0.5, 0.6) is 11.6 Å². The second kappa shape index (κ2) is 7.95. The van der Waals surface area contributed by atoms with Crippen LogP contribution in [-0.4, -0.2) is 36.8 Å². The number of ether oxygens (including phenoxy) is 2. The van der Waals surface area contributed by atoms with Crippen molar-refractivity contribution in [2.75, 3.05) is 17.9 Å². The highest BCUT2D eigenvalue weighted by atomic mass is 32.2. The first-order valence-corrected chi connectivity index (χ1v) is 10.4. The van der Waals surface area contributed by atoms with Gasteiger partial charge in [0.2, 0.25) is 21.9 Å². The van der Waals surface area contributed by atoms with Crippen molar-refractivity contribution in [2.24, 2.45) is 0 Å². The van der Waals surface area contributed by atoms with Crippen LogP contribution in [-0.2, 0) is 14.8 Å². The van der Waals surface area contributed by atoms with Gasteiger partial charge < -0.3 is 9.47 Å². The van der Waals surface area contributed by atoms with Gasteiger partial charge in [-0.15, -0.1) is 0 Å². The number of hydrogen-bond acceptors (Lipinski definition) is 6. The summed E-state index contributed by atoms with van der Waals surface area (Å²) >= 11 is 0. The molecule has 1 aliphatic heterocycles. The van der Waals surface area contributed by atoms with Crippen LogP contribution in [0.25, 0.3) is 11.3 Å². The Kier molecular flexibility index (Phi) is 5.23. The third-order valence-corrected chi connectivity index (χ3v) is 6.01. The fourth-order valence-corrected chi connectivity index (χ4v) is 4.05. The summed E-state index contributed by atoms with van der Waals surface area (Å²) in [4.78, 5) is 8.63. The predicted octanol–water partition coefficient (Wildman–Crippen LogP) is 3.47. The molecule has 3 aromatic rings. The van der Waals surface area contributed by atoms with Crippen molar-refractivity contribution in [1.82, 2.24) is 9.97 Å². The number of nitrogens with one attached hydrogen (secondary N) is 1. The molecule has 28 heavy (non-hydrogen) atoms. The number of nitrogens with zero attached hydrogens (tertiary/aromatic N) is 2. The normalized spacial score (nSPS) is 16.6. The molecule has 144 valence electrons. The molecular formula is C20H19N3O4S. The molecule has 2 aromatic carbocycles. The molecule has 2 heterocycles. The highest BCUT2D eigenvalue weighted by Gasteiger charge is 2.30. The van der Waals surface area contributed by atoms with Crippen molar-refractivity contribution in [3.8, 4) is 22.9 Å². The molecular weight excluding hydrogens is 378 g/mol. The summed E-state index contributed by atoms with van der Waals surface area (Å²) in [6.07, 6.45) is 0.446. The van der Waals surface area contributed by atoms with Gasteiger partial charge in [-0.25, -0.2) is 13.4 Å². The predicted molar refractivity (Wildman–Crippen MR) is 106 cm³/mol. The zero-order valence-corrected chi connectivity index (χ0v) is 15.8. The summed E-state index contributed by atoms with van der Waals surface area (Å²) in [5.41, 5.74) is 1.38. The van der Waals surface area contributed by atoms with E-state index >= 15 is 0 Å². The Labute approximate surface area is 163 Å². The monoisotopic (exact) mass is 397 g/mol. The van der Waals surface area contributed by atoms with Crippen molar-refractivity contribution in [2.45, 2.75) is 11.7 Å². The van der Waals surface area contributed by atoms with Crippen LogP contribution in [0.1, 0.15) is 6.42 Å². The maximum absolute atomic E-state index is 12.6. The van der Waals surface area contributed by atoms with Gasteiger partial charge in [-0.05, 0) is 18.6 Å². The quantitative estimate of drug-likeness (QED) is 0.685. The first-order valence-electron chi connectivity index (χ1n) is 8.87. The molecule has 0 saturated carbocycles. The van der Waals surface area contributed by atoms with Crippen LogP contribution in [0, 0.1) is 0 Å². The second-order valence-corrected chi connectivity index (χ2v) is 8.29. The average Bonchev–Trinajstić information content (AvgIpc) is 3.25. The SMILES string of the molecule is O=S(=O)(Nc1nc(Oc2ccccc2)cc(-c2ccccc2)n1)C1CCOC1. The van der Waals surface area contributed by atoms with E-state index in [-0.39, 0.29) is 18.4 Å². The number of aromatic nitrogens is 2.